The molecule has 0 radical (unpaired) electrons. The molecule has 0 saturated carbocycles. The van der Waals surface area contributed by atoms with Crippen LogP contribution in [0, 0.1) is 6.92 Å². The van der Waals surface area contributed by atoms with Gasteiger partial charge in [0.05, 0.1) is 31.0 Å². The molecule has 8 nitrogen and oxygen atoms in total. The summed E-state index contributed by atoms with van der Waals surface area (Å²) in [5.41, 5.74) is 4.94. The first kappa shape index (κ1) is 21.1. The van der Waals surface area contributed by atoms with Gasteiger partial charge in [0.25, 0.3) is 0 Å². The summed E-state index contributed by atoms with van der Waals surface area (Å²) in [6, 6.07) is 13.7. The van der Waals surface area contributed by atoms with Gasteiger partial charge in [0, 0.05) is 37.0 Å². The van der Waals surface area contributed by atoms with Crippen LogP contribution in [0.5, 0.6) is 0 Å². The zero-order chi connectivity index (χ0) is 22.9. The SMILES string of the molecule is CC(=O)CC(=O)c1cc2nc(-n3ccc(-c4cccc(C)c4)n3)cc(N3CCOCC3)c2o1. The molecule has 33 heavy (non-hydrogen) atoms. The number of anilines is 1. The Morgan fingerprint density at radius 1 is 1.09 bits per heavy atom. The van der Waals surface area contributed by atoms with Crippen LogP contribution in [0.25, 0.3) is 28.2 Å². The molecule has 3 aromatic heterocycles. The summed E-state index contributed by atoms with van der Waals surface area (Å²) < 4.78 is 13.1. The van der Waals surface area contributed by atoms with Gasteiger partial charge in [-0.15, -0.1) is 0 Å². The number of furan rings is 1. The summed E-state index contributed by atoms with van der Waals surface area (Å²) in [5, 5.41) is 4.73. The molecule has 0 bridgehead atoms. The fourth-order valence-electron chi connectivity index (χ4n) is 4.01. The number of fused-ring (bicyclic) bond motifs is 1. The summed E-state index contributed by atoms with van der Waals surface area (Å²) in [7, 11) is 0. The average molecular weight is 444 g/mol. The van der Waals surface area contributed by atoms with Crippen LogP contribution < -0.4 is 4.90 Å². The third-order valence-corrected chi connectivity index (χ3v) is 5.62. The van der Waals surface area contributed by atoms with E-state index in [0.29, 0.717) is 43.2 Å². The first-order valence-electron chi connectivity index (χ1n) is 10.9. The van der Waals surface area contributed by atoms with E-state index in [1.54, 1.807) is 10.7 Å². The van der Waals surface area contributed by atoms with Crippen LogP contribution in [0.15, 0.2) is 53.1 Å². The van der Waals surface area contributed by atoms with E-state index < -0.39 is 0 Å². The molecule has 168 valence electrons. The number of pyridine rings is 1. The molecule has 1 aliphatic heterocycles. The molecule has 1 saturated heterocycles. The number of aryl methyl sites for hydroxylation is 1. The highest BCUT2D eigenvalue weighted by Gasteiger charge is 2.22. The van der Waals surface area contributed by atoms with Crippen LogP contribution in [0.4, 0.5) is 5.69 Å². The molecule has 1 aliphatic rings. The Kier molecular flexibility index (Phi) is 5.51. The van der Waals surface area contributed by atoms with E-state index in [2.05, 4.69) is 24.0 Å². The Labute approximate surface area is 190 Å². The van der Waals surface area contributed by atoms with Gasteiger partial charge in [-0.2, -0.15) is 5.10 Å². The van der Waals surface area contributed by atoms with Gasteiger partial charge in [-0.25, -0.2) is 9.67 Å². The lowest BCUT2D eigenvalue weighted by Crippen LogP contribution is -2.36. The maximum atomic E-state index is 12.5. The summed E-state index contributed by atoms with van der Waals surface area (Å²) in [6.07, 6.45) is 1.68. The third kappa shape index (κ3) is 4.29. The van der Waals surface area contributed by atoms with E-state index >= 15 is 0 Å². The molecule has 1 aromatic carbocycles. The van der Waals surface area contributed by atoms with E-state index in [0.717, 1.165) is 22.5 Å². The normalized spacial score (nSPS) is 14.1. The van der Waals surface area contributed by atoms with E-state index in [1.807, 2.05) is 30.5 Å². The summed E-state index contributed by atoms with van der Waals surface area (Å²) in [6.45, 7) is 6.05. The minimum absolute atomic E-state index is 0.139. The van der Waals surface area contributed by atoms with Gasteiger partial charge in [-0.3, -0.25) is 9.59 Å². The molecule has 4 heterocycles. The molecule has 8 heteroatoms. The minimum atomic E-state index is -0.351. The molecule has 0 aliphatic carbocycles. The van der Waals surface area contributed by atoms with Crippen molar-refractivity contribution in [2.45, 2.75) is 20.3 Å². The van der Waals surface area contributed by atoms with Crippen LogP contribution in [-0.2, 0) is 9.53 Å². The Bertz CT molecular complexity index is 1350. The van der Waals surface area contributed by atoms with Gasteiger partial charge in [0.15, 0.2) is 17.2 Å². The smallest absolute Gasteiger partial charge is 0.205 e. The Balaban J connectivity index is 1.59. The number of rotatable bonds is 6. The van der Waals surface area contributed by atoms with Crippen molar-refractivity contribution < 1.29 is 18.7 Å². The van der Waals surface area contributed by atoms with Crippen LogP contribution in [-0.4, -0.2) is 52.6 Å². The maximum absolute atomic E-state index is 12.5. The molecule has 0 amide bonds. The van der Waals surface area contributed by atoms with Gasteiger partial charge < -0.3 is 14.1 Å². The third-order valence-electron chi connectivity index (χ3n) is 5.62. The van der Waals surface area contributed by atoms with E-state index in [-0.39, 0.29) is 23.7 Å². The monoisotopic (exact) mass is 444 g/mol. The van der Waals surface area contributed by atoms with Gasteiger partial charge in [0.2, 0.25) is 5.78 Å². The molecule has 0 N–H and O–H groups in total. The van der Waals surface area contributed by atoms with Gasteiger partial charge in [-0.05, 0) is 26.0 Å². The predicted molar refractivity (Wildman–Crippen MR) is 124 cm³/mol. The van der Waals surface area contributed by atoms with Crippen LogP contribution >= 0.6 is 0 Å². The van der Waals surface area contributed by atoms with Crippen molar-refractivity contribution in [2.75, 3.05) is 31.2 Å². The zero-order valence-electron chi connectivity index (χ0n) is 18.6. The number of Topliss-reactive ketones (excluding diaryl/α,β-unsaturated/α-hetero) is 2. The summed E-state index contributed by atoms with van der Waals surface area (Å²) in [4.78, 5) is 30.8. The highest BCUT2D eigenvalue weighted by molar-refractivity contribution is 6.07. The fourth-order valence-corrected chi connectivity index (χ4v) is 4.01. The number of hydrogen-bond donors (Lipinski definition) is 0. The minimum Gasteiger partial charge on any atom is -0.449 e. The Hall–Kier alpha value is -3.78. The molecule has 0 spiro atoms. The van der Waals surface area contributed by atoms with Gasteiger partial charge in [0.1, 0.15) is 11.3 Å². The number of hydrogen-bond acceptors (Lipinski definition) is 7. The number of carbonyl (C=O) groups is 2. The number of benzene rings is 1. The first-order chi connectivity index (χ1) is 16.0. The van der Waals surface area contributed by atoms with Crippen molar-refractivity contribution in [3.8, 4) is 17.1 Å². The largest absolute Gasteiger partial charge is 0.449 e. The first-order valence-corrected chi connectivity index (χ1v) is 10.9. The maximum Gasteiger partial charge on any atom is 0.205 e. The number of nitrogens with zero attached hydrogens (tertiary/aromatic N) is 4. The number of ether oxygens (including phenoxy) is 1. The lowest BCUT2D eigenvalue weighted by molar-refractivity contribution is -0.116. The Morgan fingerprint density at radius 3 is 2.67 bits per heavy atom. The lowest BCUT2D eigenvalue weighted by Gasteiger charge is -2.28. The van der Waals surface area contributed by atoms with Crippen molar-refractivity contribution in [3.63, 3.8) is 0 Å². The quantitative estimate of drug-likeness (QED) is 0.328. The summed E-state index contributed by atoms with van der Waals surface area (Å²) >= 11 is 0. The standard InChI is InChI=1S/C25H24N4O4/c1-16-4-3-5-18(12-16)19-6-7-29(27-19)24-15-21(28-8-10-32-11-9-28)25-20(26-24)14-23(33-25)22(31)13-17(2)30/h3-7,12,14-15H,8-11,13H2,1-2H3. The number of ketones is 2. The second-order valence-corrected chi connectivity index (χ2v) is 8.24. The van der Waals surface area contributed by atoms with E-state index in [1.165, 1.54) is 6.92 Å². The highest BCUT2D eigenvalue weighted by atomic mass is 16.5. The predicted octanol–water partition coefficient (Wildman–Crippen LogP) is 3.99. The molecule has 0 unspecified atom stereocenters. The molecule has 4 aromatic rings. The van der Waals surface area contributed by atoms with Gasteiger partial charge in [-0.1, -0.05) is 23.8 Å². The average Bonchev–Trinajstić information content (AvgIpc) is 3.46. The second kappa shape index (κ2) is 8.63. The van der Waals surface area contributed by atoms with Crippen molar-refractivity contribution in [1.29, 1.82) is 0 Å². The van der Waals surface area contributed by atoms with Crippen molar-refractivity contribution in [3.05, 3.63) is 60.0 Å². The molecule has 5 rings (SSSR count). The van der Waals surface area contributed by atoms with Crippen LogP contribution in [0.3, 0.4) is 0 Å². The molecular weight excluding hydrogens is 420 g/mol. The topological polar surface area (TPSA) is 90.5 Å². The van der Waals surface area contributed by atoms with Gasteiger partial charge >= 0.3 is 0 Å². The Morgan fingerprint density at radius 2 is 1.91 bits per heavy atom. The van der Waals surface area contributed by atoms with Crippen molar-refractivity contribution >= 4 is 28.4 Å². The summed E-state index contributed by atoms with van der Waals surface area (Å²) in [5.74, 6) is 0.202. The number of morpholine rings is 1. The second-order valence-electron chi connectivity index (χ2n) is 8.24. The van der Waals surface area contributed by atoms with E-state index in [9.17, 15) is 9.59 Å². The van der Waals surface area contributed by atoms with E-state index in [4.69, 9.17) is 19.2 Å². The lowest BCUT2D eigenvalue weighted by atomic mass is 10.1. The molecule has 0 atom stereocenters. The van der Waals surface area contributed by atoms with Crippen molar-refractivity contribution in [2.24, 2.45) is 0 Å². The highest BCUT2D eigenvalue weighted by Crippen LogP contribution is 2.32. The van der Waals surface area contributed by atoms with Crippen LogP contribution in [0.1, 0.15) is 29.5 Å². The van der Waals surface area contributed by atoms with Crippen LogP contribution in [0.2, 0.25) is 0 Å². The van der Waals surface area contributed by atoms with Crippen molar-refractivity contribution in [1.82, 2.24) is 14.8 Å². The molecule has 1 fully saturated rings. The number of aromatic nitrogens is 3. The molecular formula is C25H24N4O4. The fraction of sp³-hybridized carbons (Fsp3) is 0.280. The zero-order valence-corrected chi connectivity index (χ0v) is 18.6. The number of carbonyl (C=O) groups excluding carboxylic acids is 2.